The first-order valence-electron chi connectivity index (χ1n) is 6.21. The molecule has 96 valence electrons. The highest BCUT2D eigenvalue weighted by molar-refractivity contribution is 5.46. The lowest BCUT2D eigenvalue weighted by atomic mass is 10.1. The molecule has 0 saturated heterocycles. The number of anilines is 1. The highest BCUT2D eigenvalue weighted by Crippen LogP contribution is 2.19. The normalized spacial score (nSPS) is 12.5. The summed E-state index contributed by atoms with van der Waals surface area (Å²) in [7, 11) is 0. The van der Waals surface area contributed by atoms with Gasteiger partial charge in [-0.15, -0.1) is 0 Å². The topological polar surface area (TPSA) is 42.2 Å². The van der Waals surface area contributed by atoms with E-state index in [1.165, 1.54) is 12.3 Å². The van der Waals surface area contributed by atoms with Crippen molar-refractivity contribution in [2.75, 3.05) is 18.0 Å². The second kappa shape index (κ2) is 6.55. The molecule has 1 atom stereocenters. The number of hydrogen-bond acceptors (Lipinski definition) is 3. The maximum atomic E-state index is 13.1. The molecule has 1 aromatic rings. The van der Waals surface area contributed by atoms with Crippen molar-refractivity contribution in [2.24, 2.45) is 11.7 Å². The number of nitrogens with zero attached hydrogens (tertiary/aromatic N) is 2. The zero-order valence-electron chi connectivity index (χ0n) is 10.9. The first-order valence-corrected chi connectivity index (χ1v) is 6.21. The fourth-order valence-electron chi connectivity index (χ4n) is 1.78. The average molecular weight is 239 g/mol. The summed E-state index contributed by atoms with van der Waals surface area (Å²) in [5.74, 6) is 1.08. The summed E-state index contributed by atoms with van der Waals surface area (Å²) in [6.07, 6.45) is 2.38. The van der Waals surface area contributed by atoms with Crippen molar-refractivity contribution in [2.45, 2.75) is 33.7 Å². The van der Waals surface area contributed by atoms with Gasteiger partial charge >= 0.3 is 0 Å². The molecule has 0 bridgehead atoms. The predicted octanol–water partition coefficient (Wildman–Crippen LogP) is 2.55. The van der Waals surface area contributed by atoms with E-state index in [1.54, 1.807) is 0 Å². The molecule has 0 saturated carbocycles. The maximum absolute atomic E-state index is 13.1. The number of hydrogen-bond donors (Lipinski definition) is 1. The molecule has 1 rings (SSSR count). The standard InChI is InChI=1S/C13H22FN3/c1-4-10(3)9-17(5-2)13-11(7-15)6-12(14)8-16-13/h6,8,10H,4-5,7,9,15H2,1-3H3. The molecule has 0 radical (unpaired) electrons. The van der Waals surface area contributed by atoms with Crippen LogP contribution in [0, 0.1) is 11.7 Å². The summed E-state index contributed by atoms with van der Waals surface area (Å²) in [5, 5.41) is 0. The Kier molecular flexibility index (Phi) is 5.35. The van der Waals surface area contributed by atoms with Crippen molar-refractivity contribution in [1.82, 2.24) is 4.98 Å². The van der Waals surface area contributed by atoms with Crippen LogP contribution in [0.15, 0.2) is 12.3 Å². The summed E-state index contributed by atoms with van der Waals surface area (Å²) >= 11 is 0. The zero-order chi connectivity index (χ0) is 12.8. The minimum absolute atomic E-state index is 0.317. The Hall–Kier alpha value is -1.16. The molecule has 1 aromatic heterocycles. The average Bonchev–Trinajstić information content (AvgIpc) is 2.35. The van der Waals surface area contributed by atoms with Gasteiger partial charge in [-0.05, 0) is 18.9 Å². The van der Waals surface area contributed by atoms with Gasteiger partial charge in [0.05, 0.1) is 6.20 Å². The van der Waals surface area contributed by atoms with Crippen LogP contribution >= 0.6 is 0 Å². The molecule has 4 heteroatoms. The van der Waals surface area contributed by atoms with Crippen molar-refractivity contribution in [3.05, 3.63) is 23.6 Å². The molecule has 0 amide bonds. The summed E-state index contributed by atoms with van der Waals surface area (Å²) in [6, 6.07) is 1.47. The summed E-state index contributed by atoms with van der Waals surface area (Å²) in [4.78, 5) is 6.34. The monoisotopic (exact) mass is 239 g/mol. The largest absolute Gasteiger partial charge is 0.356 e. The van der Waals surface area contributed by atoms with E-state index in [-0.39, 0.29) is 5.82 Å². The van der Waals surface area contributed by atoms with Crippen molar-refractivity contribution < 1.29 is 4.39 Å². The molecule has 0 spiro atoms. The van der Waals surface area contributed by atoms with E-state index in [4.69, 9.17) is 5.73 Å². The van der Waals surface area contributed by atoms with Crippen LogP contribution in [0.2, 0.25) is 0 Å². The van der Waals surface area contributed by atoms with Gasteiger partial charge in [0.25, 0.3) is 0 Å². The Balaban J connectivity index is 2.94. The highest BCUT2D eigenvalue weighted by Gasteiger charge is 2.13. The third-order valence-electron chi connectivity index (χ3n) is 3.04. The highest BCUT2D eigenvalue weighted by atomic mass is 19.1. The van der Waals surface area contributed by atoms with Crippen LogP contribution in [0.25, 0.3) is 0 Å². The van der Waals surface area contributed by atoms with Crippen molar-refractivity contribution in [1.29, 1.82) is 0 Å². The Morgan fingerprint density at radius 1 is 1.47 bits per heavy atom. The van der Waals surface area contributed by atoms with Gasteiger partial charge in [0.1, 0.15) is 11.6 Å². The predicted molar refractivity (Wildman–Crippen MR) is 69.4 cm³/mol. The van der Waals surface area contributed by atoms with Crippen LogP contribution in [-0.4, -0.2) is 18.1 Å². The van der Waals surface area contributed by atoms with Gasteiger partial charge < -0.3 is 10.6 Å². The van der Waals surface area contributed by atoms with Gasteiger partial charge in [-0.3, -0.25) is 0 Å². The van der Waals surface area contributed by atoms with E-state index in [0.717, 1.165) is 30.9 Å². The van der Waals surface area contributed by atoms with Crippen molar-refractivity contribution in [3.63, 3.8) is 0 Å². The molecule has 1 heterocycles. The van der Waals surface area contributed by atoms with E-state index in [9.17, 15) is 4.39 Å². The third-order valence-corrected chi connectivity index (χ3v) is 3.04. The summed E-state index contributed by atoms with van der Waals surface area (Å²) in [6.45, 7) is 8.55. The van der Waals surface area contributed by atoms with Gasteiger partial charge in [-0.1, -0.05) is 20.3 Å². The molecular formula is C13H22FN3. The fraction of sp³-hybridized carbons (Fsp3) is 0.615. The van der Waals surface area contributed by atoms with Crippen LogP contribution in [0.5, 0.6) is 0 Å². The quantitative estimate of drug-likeness (QED) is 0.829. The van der Waals surface area contributed by atoms with E-state index in [0.29, 0.717) is 12.5 Å². The van der Waals surface area contributed by atoms with E-state index in [1.807, 2.05) is 0 Å². The number of rotatable bonds is 6. The summed E-state index contributed by atoms with van der Waals surface area (Å²) < 4.78 is 13.1. The number of halogens is 1. The minimum Gasteiger partial charge on any atom is -0.356 e. The van der Waals surface area contributed by atoms with Gasteiger partial charge in [-0.2, -0.15) is 0 Å². The molecule has 0 aliphatic rings. The van der Waals surface area contributed by atoms with E-state index < -0.39 is 0 Å². The SMILES string of the molecule is CCC(C)CN(CC)c1ncc(F)cc1CN. The molecular weight excluding hydrogens is 217 g/mol. The van der Waals surface area contributed by atoms with E-state index in [2.05, 4.69) is 30.7 Å². The Bertz CT molecular complexity index is 355. The van der Waals surface area contributed by atoms with E-state index >= 15 is 0 Å². The number of aromatic nitrogens is 1. The first-order chi connectivity index (χ1) is 8.12. The smallest absolute Gasteiger partial charge is 0.141 e. The Labute approximate surface area is 103 Å². The van der Waals surface area contributed by atoms with Gasteiger partial charge in [0.15, 0.2) is 0 Å². The molecule has 1 unspecified atom stereocenters. The fourth-order valence-corrected chi connectivity index (χ4v) is 1.78. The van der Waals surface area contributed by atoms with Gasteiger partial charge in [0, 0.05) is 25.2 Å². The summed E-state index contributed by atoms with van der Waals surface area (Å²) in [5.41, 5.74) is 6.42. The third kappa shape index (κ3) is 3.66. The van der Waals surface area contributed by atoms with Crippen LogP contribution in [0.3, 0.4) is 0 Å². The molecule has 0 aromatic carbocycles. The van der Waals surface area contributed by atoms with Crippen LogP contribution in [0.1, 0.15) is 32.8 Å². The lowest BCUT2D eigenvalue weighted by Gasteiger charge is -2.26. The lowest BCUT2D eigenvalue weighted by molar-refractivity contribution is 0.543. The first kappa shape index (κ1) is 13.9. The van der Waals surface area contributed by atoms with Crippen LogP contribution in [0.4, 0.5) is 10.2 Å². The Morgan fingerprint density at radius 3 is 2.71 bits per heavy atom. The van der Waals surface area contributed by atoms with Crippen molar-refractivity contribution in [3.8, 4) is 0 Å². The minimum atomic E-state index is -0.325. The molecule has 2 N–H and O–H groups in total. The van der Waals surface area contributed by atoms with Crippen LogP contribution in [-0.2, 0) is 6.54 Å². The molecule has 0 aliphatic heterocycles. The maximum Gasteiger partial charge on any atom is 0.141 e. The Morgan fingerprint density at radius 2 is 2.18 bits per heavy atom. The molecule has 3 nitrogen and oxygen atoms in total. The van der Waals surface area contributed by atoms with Gasteiger partial charge in [0.2, 0.25) is 0 Å². The number of pyridine rings is 1. The molecule has 17 heavy (non-hydrogen) atoms. The van der Waals surface area contributed by atoms with Crippen LogP contribution < -0.4 is 10.6 Å². The zero-order valence-corrected chi connectivity index (χ0v) is 10.9. The van der Waals surface area contributed by atoms with Gasteiger partial charge in [-0.25, -0.2) is 9.37 Å². The molecule has 0 aliphatic carbocycles. The second-order valence-corrected chi connectivity index (χ2v) is 4.39. The molecule has 0 fully saturated rings. The lowest BCUT2D eigenvalue weighted by Crippen LogP contribution is -2.30. The second-order valence-electron chi connectivity index (χ2n) is 4.39. The van der Waals surface area contributed by atoms with Crippen molar-refractivity contribution >= 4 is 5.82 Å². The number of nitrogens with two attached hydrogens (primary N) is 1.